The number of amides is 1. The van der Waals surface area contributed by atoms with Crippen molar-refractivity contribution in [2.45, 2.75) is 160 Å². The topological polar surface area (TPSA) is 453 Å². The average Bonchev–Trinajstić information content (AvgIpc) is 3.21. The second-order valence-corrected chi connectivity index (χ2v) is 14.7. The molecule has 1 unspecified atom stereocenters. The van der Waals surface area contributed by atoms with E-state index in [1.165, 1.54) is 0 Å². The third-order valence-electron chi connectivity index (χ3n) is 10.7. The van der Waals surface area contributed by atoms with Gasteiger partial charge < -0.3 is 130 Å². The lowest BCUT2D eigenvalue weighted by atomic mass is 9.94. The molecule has 0 spiro atoms. The average molecular weight is 884 g/mol. The summed E-state index contributed by atoms with van der Waals surface area (Å²) in [7, 11) is 0. The Hall–Kier alpha value is -2.02. The van der Waals surface area contributed by atoms with Crippen LogP contribution in [0.25, 0.3) is 0 Å². The zero-order valence-corrected chi connectivity index (χ0v) is 31.4. The fourth-order valence-electron chi connectivity index (χ4n) is 7.41. The first-order chi connectivity index (χ1) is 28.3. The molecule has 5 rings (SSSR count). The zero-order chi connectivity index (χ0) is 44.5. The highest BCUT2D eigenvalue weighted by atomic mass is 16.8. The molecular weight excluding hydrogens is 830 g/mol. The van der Waals surface area contributed by atoms with Gasteiger partial charge in [0, 0.05) is 6.92 Å². The molecule has 17 N–H and O–H groups in total. The van der Waals surface area contributed by atoms with E-state index in [-0.39, 0.29) is 0 Å². The number of carbonyl (C=O) groups is 2. The van der Waals surface area contributed by atoms with Gasteiger partial charge in [-0.25, -0.2) is 4.79 Å². The molecule has 25 atom stereocenters. The summed E-state index contributed by atoms with van der Waals surface area (Å²) in [4.78, 5) is 24.0. The van der Waals surface area contributed by atoms with Gasteiger partial charge in [-0.1, -0.05) is 0 Å². The molecule has 348 valence electrons. The monoisotopic (exact) mass is 883 g/mol. The van der Waals surface area contributed by atoms with Gasteiger partial charge in [0.05, 0.1) is 26.4 Å². The molecule has 5 heterocycles. The molecule has 0 radical (unpaired) electrons. The van der Waals surface area contributed by atoms with Gasteiger partial charge in [-0.3, -0.25) is 4.79 Å². The summed E-state index contributed by atoms with van der Waals surface area (Å²) < 4.78 is 49.5. The standard InChI is InChI=1S/C32H53NO27/c1-6(38)33-11-14(41)22(56-31-21(48)25(13(40)8(3-35)53-31)59-30-19(46)15(42)16(43)26(60-30)27(49)50)10(5-37)55-29(11)58-24-12(39)7(2-34)54-32(20(24)47)57-23-9(4-36)52-28(51)18(45)17(23)44/h7-26,28-32,34-37,39-48,51H,2-5H2,1H3,(H,33,38)(H,49,50)/t7-,8-,9-,10-,11-,12+,13+,14-,15+,16+,17-,18-,19-,20-,21-,22-,23-,24+,25+,26+,28?,29+,30-,31+,32+/m1/s1. The number of carboxylic acid groups (broad SMARTS) is 1. The second-order valence-electron chi connectivity index (χ2n) is 14.7. The Morgan fingerprint density at radius 3 is 1.33 bits per heavy atom. The van der Waals surface area contributed by atoms with Gasteiger partial charge in [0.15, 0.2) is 37.6 Å². The van der Waals surface area contributed by atoms with Crippen LogP contribution in [0.2, 0.25) is 0 Å². The number of hydrogen-bond donors (Lipinski definition) is 17. The van der Waals surface area contributed by atoms with Crippen molar-refractivity contribution in [1.82, 2.24) is 5.32 Å². The molecule has 0 aliphatic carbocycles. The lowest BCUT2D eigenvalue weighted by molar-refractivity contribution is -0.385. The van der Waals surface area contributed by atoms with E-state index in [0.717, 1.165) is 6.92 Å². The van der Waals surface area contributed by atoms with Crippen LogP contribution in [0.15, 0.2) is 0 Å². The minimum absolute atomic E-state index is 0.842. The highest BCUT2D eigenvalue weighted by molar-refractivity contribution is 5.73. The third-order valence-corrected chi connectivity index (χ3v) is 10.7. The van der Waals surface area contributed by atoms with Crippen molar-refractivity contribution in [3.63, 3.8) is 0 Å². The molecule has 28 heteroatoms. The Balaban J connectivity index is 1.36. The Bertz CT molecular complexity index is 1400. The van der Waals surface area contributed by atoms with E-state index in [2.05, 4.69) is 5.32 Å². The molecular formula is C32H53NO27. The highest BCUT2D eigenvalue weighted by Crippen LogP contribution is 2.35. The lowest BCUT2D eigenvalue weighted by Crippen LogP contribution is -2.70. The SMILES string of the molecule is CC(=O)N[C@H]1[C@H](O[C@H]2[C@@H](O)[C@@H](CO)O[C@@H](O[C@H]3[C@H](O)[C@@H](O)C(O)O[C@@H]3CO)[C@@H]2O)O[C@H](CO)[C@@H](O[C@@H]2O[C@H](CO)[C@H](O)[C@H](O[C@@H]3O[C@H](C(=O)O)[C@@H](O)[C@H](O)[C@H]3O)[C@H]2O)[C@@H]1O. The third kappa shape index (κ3) is 10.0. The number of ether oxygens (including phenoxy) is 9. The van der Waals surface area contributed by atoms with Crippen molar-refractivity contribution in [3.8, 4) is 0 Å². The number of aliphatic hydroxyl groups excluding tert-OH is 15. The molecule has 0 aromatic carbocycles. The zero-order valence-electron chi connectivity index (χ0n) is 31.4. The molecule has 5 aliphatic rings. The van der Waals surface area contributed by atoms with Crippen LogP contribution in [-0.2, 0) is 52.2 Å². The van der Waals surface area contributed by atoms with Crippen LogP contribution in [0.3, 0.4) is 0 Å². The van der Waals surface area contributed by atoms with Gasteiger partial charge in [0.2, 0.25) is 5.91 Å². The molecule has 5 saturated heterocycles. The molecule has 0 aromatic heterocycles. The van der Waals surface area contributed by atoms with Gasteiger partial charge in [-0.2, -0.15) is 0 Å². The molecule has 28 nitrogen and oxygen atoms in total. The van der Waals surface area contributed by atoms with Gasteiger partial charge >= 0.3 is 5.97 Å². The molecule has 1 amide bonds. The largest absolute Gasteiger partial charge is 0.479 e. The summed E-state index contributed by atoms with van der Waals surface area (Å²) in [5, 5.41) is 169. The number of aliphatic carboxylic acids is 1. The molecule has 0 saturated carbocycles. The van der Waals surface area contributed by atoms with E-state index in [1.54, 1.807) is 0 Å². The van der Waals surface area contributed by atoms with Crippen LogP contribution in [0.5, 0.6) is 0 Å². The minimum Gasteiger partial charge on any atom is -0.479 e. The van der Waals surface area contributed by atoms with Crippen molar-refractivity contribution in [1.29, 1.82) is 0 Å². The van der Waals surface area contributed by atoms with Crippen LogP contribution in [0.4, 0.5) is 0 Å². The van der Waals surface area contributed by atoms with E-state index >= 15 is 0 Å². The maximum Gasteiger partial charge on any atom is 0.335 e. The van der Waals surface area contributed by atoms with Crippen molar-refractivity contribution < 1.29 is 134 Å². The van der Waals surface area contributed by atoms with Crippen LogP contribution in [-0.4, -0.2) is 273 Å². The predicted molar refractivity (Wildman–Crippen MR) is 179 cm³/mol. The Labute approximate surface area is 338 Å². The maximum absolute atomic E-state index is 12.4. The number of carbonyl (C=O) groups excluding carboxylic acids is 1. The maximum atomic E-state index is 12.4. The van der Waals surface area contributed by atoms with Gasteiger partial charge in [0.25, 0.3) is 0 Å². The van der Waals surface area contributed by atoms with E-state index in [4.69, 9.17) is 42.6 Å². The normalized spacial score (nSPS) is 50.2. The fourth-order valence-corrected chi connectivity index (χ4v) is 7.41. The predicted octanol–water partition coefficient (Wildman–Crippen LogP) is -11.7. The van der Waals surface area contributed by atoms with Crippen molar-refractivity contribution >= 4 is 11.9 Å². The summed E-state index contributed by atoms with van der Waals surface area (Å²) in [5.41, 5.74) is 0. The summed E-state index contributed by atoms with van der Waals surface area (Å²) in [6.45, 7) is -2.87. The van der Waals surface area contributed by atoms with E-state index < -0.39 is 192 Å². The van der Waals surface area contributed by atoms with E-state index in [0.29, 0.717) is 0 Å². The van der Waals surface area contributed by atoms with E-state index in [9.17, 15) is 91.3 Å². The molecule has 0 bridgehead atoms. The van der Waals surface area contributed by atoms with Crippen LogP contribution in [0.1, 0.15) is 6.92 Å². The molecule has 60 heavy (non-hydrogen) atoms. The quantitative estimate of drug-likeness (QED) is 0.0770. The van der Waals surface area contributed by atoms with Crippen LogP contribution in [0, 0.1) is 0 Å². The summed E-state index contributed by atoms with van der Waals surface area (Å²) in [6.07, 6.45) is -46.8. The number of carboxylic acids is 1. The molecule has 5 fully saturated rings. The van der Waals surface area contributed by atoms with Crippen molar-refractivity contribution in [3.05, 3.63) is 0 Å². The molecule has 0 aromatic rings. The van der Waals surface area contributed by atoms with Gasteiger partial charge in [-0.05, 0) is 0 Å². The second kappa shape index (κ2) is 20.7. The van der Waals surface area contributed by atoms with Crippen LogP contribution < -0.4 is 5.32 Å². The smallest absolute Gasteiger partial charge is 0.335 e. The first-order valence-electron chi connectivity index (χ1n) is 18.6. The fraction of sp³-hybridized carbons (Fsp3) is 0.938. The van der Waals surface area contributed by atoms with Crippen LogP contribution >= 0.6 is 0 Å². The summed E-state index contributed by atoms with van der Waals surface area (Å²) in [5.74, 6) is -2.62. The van der Waals surface area contributed by atoms with Gasteiger partial charge in [-0.15, -0.1) is 0 Å². The first-order valence-corrected chi connectivity index (χ1v) is 18.6. The lowest BCUT2D eigenvalue weighted by Gasteiger charge is -2.50. The Morgan fingerprint density at radius 1 is 0.450 bits per heavy atom. The minimum atomic E-state index is -2.19. The van der Waals surface area contributed by atoms with Crippen molar-refractivity contribution in [2.75, 3.05) is 26.4 Å². The highest BCUT2D eigenvalue weighted by Gasteiger charge is 2.57. The number of nitrogens with one attached hydrogen (secondary N) is 1. The molecule has 5 aliphatic heterocycles. The first kappa shape index (κ1) is 49.0. The summed E-state index contributed by atoms with van der Waals surface area (Å²) >= 11 is 0. The summed E-state index contributed by atoms with van der Waals surface area (Å²) in [6, 6.07) is -1.76. The van der Waals surface area contributed by atoms with E-state index in [1.807, 2.05) is 0 Å². The number of aliphatic hydroxyl groups is 15. The Kier molecular flexibility index (Phi) is 16.9. The van der Waals surface area contributed by atoms with Crippen molar-refractivity contribution in [2.24, 2.45) is 0 Å². The van der Waals surface area contributed by atoms with Gasteiger partial charge in [0.1, 0.15) is 116 Å². The number of rotatable bonds is 14. The Morgan fingerprint density at radius 2 is 0.867 bits per heavy atom. The number of hydrogen-bond acceptors (Lipinski definition) is 26.